The molecule has 0 radical (unpaired) electrons. The molecule has 0 bridgehead atoms. The molecule has 1 aliphatic rings. The topological polar surface area (TPSA) is 49.8 Å². The van der Waals surface area contributed by atoms with Crippen LogP contribution in [0, 0.1) is 11.3 Å². The lowest BCUT2D eigenvalue weighted by Gasteiger charge is -2.30. The molecule has 0 fully saturated rings. The van der Waals surface area contributed by atoms with Crippen LogP contribution in [-0.4, -0.2) is 0 Å². The predicted molar refractivity (Wildman–Crippen MR) is 59.4 cm³/mol. The van der Waals surface area contributed by atoms with Crippen LogP contribution >= 0.6 is 11.3 Å². The van der Waals surface area contributed by atoms with Crippen LogP contribution in [0.1, 0.15) is 42.7 Å². The maximum Gasteiger partial charge on any atom is 0.104 e. The van der Waals surface area contributed by atoms with E-state index in [0.29, 0.717) is 5.00 Å². The van der Waals surface area contributed by atoms with Gasteiger partial charge in [0.15, 0.2) is 0 Å². The minimum Gasteiger partial charge on any atom is -0.389 e. The molecule has 3 heteroatoms. The van der Waals surface area contributed by atoms with Crippen molar-refractivity contribution >= 4 is 16.3 Å². The van der Waals surface area contributed by atoms with Gasteiger partial charge >= 0.3 is 0 Å². The highest BCUT2D eigenvalue weighted by Crippen LogP contribution is 2.44. The Balaban J connectivity index is 2.67. The molecule has 1 aliphatic carbocycles. The Morgan fingerprint density at radius 2 is 2.21 bits per heavy atom. The molecular weight excluding hydrogens is 192 g/mol. The first-order valence-corrected chi connectivity index (χ1v) is 5.69. The van der Waals surface area contributed by atoms with Crippen LogP contribution < -0.4 is 5.73 Å². The second kappa shape index (κ2) is 2.99. The minimum atomic E-state index is 0.132. The van der Waals surface area contributed by atoms with Gasteiger partial charge < -0.3 is 5.73 Å². The van der Waals surface area contributed by atoms with Crippen molar-refractivity contribution in [1.82, 2.24) is 0 Å². The molecule has 1 heterocycles. The van der Waals surface area contributed by atoms with E-state index in [1.54, 1.807) is 11.3 Å². The van der Waals surface area contributed by atoms with Crippen molar-refractivity contribution in [2.75, 3.05) is 5.73 Å². The first kappa shape index (κ1) is 9.54. The summed E-state index contributed by atoms with van der Waals surface area (Å²) in [5, 5.41) is 9.77. The molecule has 0 aromatic carbocycles. The Kier molecular flexibility index (Phi) is 2.04. The fourth-order valence-corrected chi connectivity index (χ4v) is 3.56. The Bertz CT molecular complexity index is 410. The first-order chi connectivity index (χ1) is 6.56. The van der Waals surface area contributed by atoms with Crippen molar-refractivity contribution in [3.63, 3.8) is 0 Å². The Morgan fingerprint density at radius 3 is 2.86 bits per heavy atom. The van der Waals surface area contributed by atoms with Crippen molar-refractivity contribution < 1.29 is 0 Å². The average molecular weight is 206 g/mol. The van der Waals surface area contributed by atoms with Gasteiger partial charge in [-0.2, -0.15) is 5.26 Å². The van der Waals surface area contributed by atoms with Gasteiger partial charge in [0.05, 0.1) is 5.56 Å². The molecule has 1 aromatic heterocycles. The van der Waals surface area contributed by atoms with Gasteiger partial charge in [-0.15, -0.1) is 11.3 Å². The third-order valence-electron chi connectivity index (χ3n) is 3.00. The number of anilines is 1. The largest absolute Gasteiger partial charge is 0.389 e. The summed E-state index contributed by atoms with van der Waals surface area (Å²) in [5.41, 5.74) is 7.93. The van der Waals surface area contributed by atoms with Crippen molar-refractivity contribution in [1.29, 1.82) is 5.26 Å². The summed E-state index contributed by atoms with van der Waals surface area (Å²) < 4.78 is 0. The molecule has 0 atom stereocenters. The van der Waals surface area contributed by atoms with Crippen molar-refractivity contribution in [3.8, 4) is 6.07 Å². The van der Waals surface area contributed by atoms with Gasteiger partial charge in [0, 0.05) is 4.88 Å². The molecule has 2 rings (SSSR count). The van der Waals surface area contributed by atoms with E-state index >= 15 is 0 Å². The van der Waals surface area contributed by atoms with E-state index in [0.717, 1.165) is 18.4 Å². The van der Waals surface area contributed by atoms with E-state index in [1.807, 2.05) is 0 Å². The lowest BCUT2D eigenvalue weighted by Crippen LogP contribution is -2.23. The number of thiophene rings is 1. The van der Waals surface area contributed by atoms with Crippen LogP contribution in [0.3, 0.4) is 0 Å². The van der Waals surface area contributed by atoms with Crippen molar-refractivity contribution in [2.45, 2.75) is 38.5 Å². The van der Waals surface area contributed by atoms with E-state index in [9.17, 15) is 0 Å². The number of rotatable bonds is 0. The zero-order valence-corrected chi connectivity index (χ0v) is 9.37. The molecule has 0 spiro atoms. The second-order valence-corrected chi connectivity index (χ2v) is 5.63. The van der Waals surface area contributed by atoms with Gasteiger partial charge in [-0.05, 0) is 30.2 Å². The number of nitriles is 1. The fourth-order valence-electron chi connectivity index (χ4n) is 2.32. The van der Waals surface area contributed by atoms with Crippen LogP contribution in [-0.2, 0) is 11.8 Å². The van der Waals surface area contributed by atoms with E-state index in [1.165, 1.54) is 16.9 Å². The van der Waals surface area contributed by atoms with Gasteiger partial charge in [-0.25, -0.2) is 0 Å². The monoisotopic (exact) mass is 206 g/mol. The minimum absolute atomic E-state index is 0.132. The van der Waals surface area contributed by atoms with Gasteiger partial charge in [0.2, 0.25) is 0 Å². The van der Waals surface area contributed by atoms with Crippen molar-refractivity contribution in [2.24, 2.45) is 0 Å². The number of nitrogens with zero attached hydrogens (tertiary/aromatic N) is 1. The van der Waals surface area contributed by atoms with Crippen LogP contribution in [0.2, 0.25) is 0 Å². The standard InChI is InChI=1S/C11H14N2S/c1-11(2)5-3-4-8-9(11)7(6-12)10(13)14-8/h3-5,13H2,1-2H3. The molecule has 1 aromatic rings. The van der Waals surface area contributed by atoms with Crippen LogP contribution in [0.5, 0.6) is 0 Å². The highest BCUT2D eigenvalue weighted by Gasteiger charge is 2.33. The highest BCUT2D eigenvalue weighted by molar-refractivity contribution is 7.16. The molecule has 2 N–H and O–H groups in total. The summed E-state index contributed by atoms with van der Waals surface area (Å²) in [4.78, 5) is 1.33. The summed E-state index contributed by atoms with van der Waals surface area (Å²) in [6, 6.07) is 2.24. The number of nitrogen functional groups attached to an aromatic ring is 1. The van der Waals surface area contributed by atoms with Crippen molar-refractivity contribution in [3.05, 3.63) is 16.0 Å². The van der Waals surface area contributed by atoms with E-state index in [-0.39, 0.29) is 5.41 Å². The third-order valence-corrected chi connectivity index (χ3v) is 4.08. The molecule has 0 saturated carbocycles. The summed E-state index contributed by atoms with van der Waals surface area (Å²) >= 11 is 1.60. The average Bonchev–Trinajstić information content (AvgIpc) is 2.41. The van der Waals surface area contributed by atoms with Gasteiger partial charge in [-0.1, -0.05) is 13.8 Å². The Morgan fingerprint density at radius 1 is 1.50 bits per heavy atom. The normalized spacial score (nSPS) is 18.6. The quantitative estimate of drug-likeness (QED) is 0.709. The molecule has 0 saturated heterocycles. The highest BCUT2D eigenvalue weighted by atomic mass is 32.1. The zero-order chi connectivity index (χ0) is 10.3. The molecule has 0 aliphatic heterocycles. The van der Waals surface area contributed by atoms with Crippen LogP contribution in [0.4, 0.5) is 5.00 Å². The molecular formula is C11H14N2S. The van der Waals surface area contributed by atoms with E-state index in [2.05, 4.69) is 19.9 Å². The number of hydrogen-bond donors (Lipinski definition) is 1. The summed E-state index contributed by atoms with van der Waals surface area (Å²) in [6.07, 6.45) is 3.46. The zero-order valence-electron chi connectivity index (χ0n) is 8.55. The molecule has 0 amide bonds. The lowest BCUT2D eigenvalue weighted by molar-refractivity contribution is 0.435. The maximum atomic E-state index is 9.07. The molecule has 0 unspecified atom stereocenters. The number of hydrogen-bond acceptors (Lipinski definition) is 3. The van der Waals surface area contributed by atoms with E-state index in [4.69, 9.17) is 11.0 Å². The molecule has 74 valence electrons. The lowest BCUT2D eigenvalue weighted by atomic mass is 9.74. The summed E-state index contributed by atoms with van der Waals surface area (Å²) in [7, 11) is 0. The van der Waals surface area contributed by atoms with Gasteiger partial charge in [0.25, 0.3) is 0 Å². The summed E-state index contributed by atoms with van der Waals surface area (Å²) in [5.74, 6) is 0. The fraction of sp³-hybridized carbons (Fsp3) is 0.545. The Labute approximate surface area is 88.4 Å². The Hall–Kier alpha value is -1.01. The molecule has 14 heavy (non-hydrogen) atoms. The molecule has 2 nitrogen and oxygen atoms in total. The second-order valence-electron chi connectivity index (χ2n) is 4.49. The van der Waals surface area contributed by atoms with E-state index < -0.39 is 0 Å². The first-order valence-electron chi connectivity index (χ1n) is 4.88. The number of nitrogens with two attached hydrogens (primary N) is 1. The van der Waals surface area contributed by atoms with Crippen LogP contribution in [0.25, 0.3) is 0 Å². The predicted octanol–water partition coefficient (Wildman–Crippen LogP) is 2.82. The summed E-state index contributed by atoms with van der Waals surface area (Å²) in [6.45, 7) is 4.41. The van der Waals surface area contributed by atoms with Gasteiger partial charge in [-0.3, -0.25) is 0 Å². The van der Waals surface area contributed by atoms with Gasteiger partial charge in [0.1, 0.15) is 11.1 Å². The van der Waals surface area contributed by atoms with Crippen LogP contribution in [0.15, 0.2) is 0 Å². The third kappa shape index (κ3) is 1.22. The SMILES string of the molecule is CC1(C)CCCc2sc(N)c(C#N)c21. The number of aryl methyl sites for hydroxylation is 1. The number of fused-ring (bicyclic) bond motifs is 1. The smallest absolute Gasteiger partial charge is 0.104 e. The maximum absolute atomic E-state index is 9.07.